The molecule has 1 aromatic carbocycles. The molecular formula is C18H22O7. The Morgan fingerprint density at radius 1 is 0.800 bits per heavy atom. The van der Waals surface area contributed by atoms with Gasteiger partial charge in [0, 0.05) is 14.2 Å². The normalized spacial score (nSPS) is 9.76. The molecular weight excluding hydrogens is 328 g/mol. The topological polar surface area (TPSA) is 84.2 Å². The summed E-state index contributed by atoms with van der Waals surface area (Å²) in [5, 5.41) is 0. The summed E-state index contributed by atoms with van der Waals surface area (Å²) < 4.78 is 23.8. The van der Waals surface area contributed by atoms with Crippen molar-refractivity contribution in [3.05, 3.63) is 59.0 Å². The molecule has 2 rings (SSSR count). The molecule has 0 aliphatic carbocycles. The van der Waals surface area contributed by atoms with Gasteiger partial charge in [0.25, 0.3) is 0 Å². The fourth-order valence-electron chi connectivity index (χ4n) is 1.83. The van der Waals surface area contributed by atoms with Crippen molar-refractivity contribution in [1.82, 2.24) is 0 Å². The van der Waals surface area contributed by atoms with Crippen molar-refractivity contribution in [3.63, 3.8) is 0 Å². The summed E-state index contributed by atoms with van der Waals surface area (Å²) in [5.41, 5.74) is 1.59. The second kappa shape index (κ2) is 11.0. The van der Waals surface area contributed by atoms with Crippen LogP contribution in [0.1, 0.15) is 32.2 Å². The van der Waals surface area contributed by atoms with Crippen LogP contribution in [0.5, 0.6) is 0 Å². The van der Waals surface area contributed by atoms with Gasteiger partial charge >= 0.3 is 11.9 Å². The number of methoxy groups -OCH3 is 4. The van der Waals surface area contributed by atoms with Crippen LogP contribution in [0.15, 0.2) is 40.8 Å². The van der Waals surface area contributed by atoms with E-state index in [1.807, 2.05) is 12.1 Å². The molecule has 0 atom stereocenters. The zero-order valence-electron chi connectivity index (χ0n) is 14.7. The van der Waals surface area contributed by atoms with Crippen LogP contribution in [-0.4, -0.2) is 40.4 Å². The average Bonchev–Trinajstić information content (AvgIpc) is 3.11. The van der Waals surface area contributed by atoms with Crippen molar-refractivity contribution in [2.24, 2.45) is 0 Å². The molecule has 0 saturated carbocycles. The molecule has 7 heteroatoms. The van der Waals surface area contributed by atoms with Gasteiger partial charge in [-0.2, -0.15) is 0 Å². The lowest BCUT2D eigenvalue weighted by molar-refractivity contribution is 0.0556. The molecule has 0 amide bonds. The maximum Gasteiger partial charge on any atom is 0.373 e. The van der Waals surface area contributed by atoms with E-state index in [4.69, 9.17) is 13.9 Å². The number of hydrogen-bond acceptors (Lipinski definition) is 7. The van der Waals surface area contributed by atoms with E-state index in [-0.39, 0.29) is 11.7 Å². The molecule has 0 N–H and O–H groups in total. The van der Waals surface area contributed by atoms with E-state index in [1.54, 1.807) is 38.5 Å². The number of ether oxygens (including phenoxy) is 4. The van der Waals surface area contributed by atoms with Crippen molar-refractivity contribution >= 4 is 11.9 Å². The van der Waals surface area contributed by atoms with Crippen molar-refractivity contribution in [2.45, 2.75) is 13.2 Å². The van der Waals surface area contributed by atoms with E-state index in [0.29, 0.717) is 24.5 Å². The van der Waals surface area contributed by atoms with E-state index in [0.717, 1.165) is 5.56 Å². The van der Waals surface area contributed by atoms with Crippen molar-refractivity contribution in [3.8, 4) is 0 Å². The number of esters is 2. The summed E-state index contributed by atoms with van der Waals surface area (Å²) in [6, 6.07) is 10.4. The van der Waals surface area contributed by atoms with Crippen LogP contribution in [0.25, 0.3) is 0 Å². The minimum absolute atomic E-state index is 0.199. The van der Waals surface area contributed by atoms with Crippen molar-refractivity contribution < 1.29 is 33.0 Å². The zero-order chi connectivity index (χ0) is 18.7. The SMILES string of the molecule is COCc1ccc(C(=O)OC)cc1.COCc1ccc(C(=O)OC)o1. The Morgan fingerprint density at radius 2 is 1.40 bits per heavy atom. The fraction of sp³-hybridized carbons (Fsp3) is 0.333. The van der Waals surface area contributed by atoms with Gasteiger partial charge in [-0.1, -0.05) is 12.1 Å². The Bertz CT molecular complexity index is 658. The molecule has 1 heterocycles. The predicted octanol–water partition coefficient (Wildman–Crippen LogP) is 2.83. The van der Waals surface area contributed by atoms with Crippen LogP contribution < -0.4 is 0 Å². The second-order valence-electron chi connectivity index (χ2n) is 4.81. The molecule has 136 valence electrons. The van der Waals surface area contributed by atoms with Gasteiger partial charge in [0.1, 0.15) is 12.4 Å². The first kappa shape index (κ1) is 20.4. The van der Waals surface area contributed by atoms with Crippen LogP contribution >= 0.6 is 0 Å². The summed E-state index contributed by atoms with van der Waals surface area (Å²) in [4.78, 5) is 21.9. The third-order valence-electron chi connectivity index (χ3n) is 3.02. The number of hydrogen-bond donors (Lipinski definition) is 0. The summed E-state index contributed by atoms with van der Waals surface area (Å²) >= 11 is 0. The molecule has 25 heavy (non-hydrogen) atoms. The quantitative estimate of drug-likeness (QED) is 0.741. The van der Waals surface area contributed by atoms with Gasteiger partial charge < -0.3 is 23.4 Å². The van der Waals surface area contributed by atoms with Gasteiger partial charge in [-0.25, -0.2) is 9.59 Å². The molecule has 1 aromatic heterocycles. The molecule has 0 spiro atoms. The van der Waals surface area contributed by atoms with Crippen molar-refractivity contribution in [1.29, 1.82) is 0 Å². The lowest BCUT2D eigenvalue weighted by Gasteiger charge is -2.01. The lowest BCUT2D eigenvalue weighted by atomic mass is 10.1. The summed E-state index contributed by atoms with van der Waals surface area (Å²) in [7, 11) is 5.86. The molecule has 7 nitrogen and oxygen atoms in total. The maximum atomic E-state index is 11.0. The highest BCUT2D eigenvalue weighted by Gasteiger charge is 2.10. The van der Waals surface area contributed by atoms with E-state index >= 15 is 0 Å². The van der Waals surface area contributed by atoms with Gasteiger partial charge in [-0.15, -0.1) is 0 Å². The average molecular weight is 350 g/mol. The van der Waals surface area contributed by atoms with Gasteiger partial charge in [-0.05, 0) is 29.8 Å². The predicted molar refractivity (Wildman–Crippen MR) is 89.3 cm³/mol. The Labute approximate surface area is 146 Å². The highest BCUT2D eigenvalue weighted by atomic mass is 16.5. The Morgan fingerprint density at radius 3 is 1.92 bits per heavy atom. The zero-order valence-corrected chi connectivity index (χ0v) is 14.7. The summed E-state index contributed by atoms with van der Waals surface area (Å²) in [6.07, 6.45) is 0. The molecule has 0 radical (unpaired) electrons. The Balaban J connectivity index is 0.000000251. The molecule has 0 aliphatic heterocycles. The molecule has 2 aromatic rings. The first-order chi connectivity index (χ1) is 12.0. The summed E-state index contributed by atoms with van der Waals surface area (Å²) in [6.45, 7) is 0.915. The van der Waals surface area contributed by atoms with Crippen LogP contribution in [0.3, 0.4) is 0 Å². The molecule has 0 fully saturated rings. The Hall–Kier alpha value is -2.64. The Kier molecular flexibility index (Phi) is 8.99. The highest BCUT2D eigenvalue weighted by Crippen LogP contribution is 2.09. The molecule has 0 bridgehead atoms. The number of furan rings is 1. The van der Waals surface area contributed by atoms with E-state index in [1.165, 1.54) is 14.2 Å². The third-order valence-corrected chi connectivity index (χ3v) is 3.02. The van der Waals surface area contributed by atoms with E-state index in [9.17, 15) is 9.59 Å². The van der Waals surface area contributed by atoms with Gasteiger partial charge in [0.05, 0.1) is 26.4 Å². The summed E-state index contributed by atoms with van der Waals surface area (Å²) in [5.74, 6) is 0.0174. The van der Waals surface area contributed by atoms with Crippen LogP contribution in [0.4, 0.5) is 0 Å². The smallest absolute Gasteiger partial charge is 0.373 e. The molecule has 0 aliphatic rings. The van der Waals surface area contributed by atoms with Gasteiger partial charge in [0.15, 0.2) is 0 Å². The van der Waals surface area contributed by atoms with E-state index in [2.05, 4.69) is 9.47 Å². The maximum absolute atomic E-state index is 11.0. The third kappa shape index (κ3) is 6.78. The van der Waals surface area contributed by atoms with Crippen LogP contribution in [0, 0.1) is 0 Å². The number of benzene rings is 1. The number of rotatable bonds is 6. The number of carbonyl (C=O) groups excluding carboxylic acids is 2. The highest BCUT2D eigenvalue weighted by molar-refractivity contribution is 5.89. The fourth-order valence-corrected chi connectivity index (χ4v) is 1.83. The van der Waals surface area contributed by atoms with E-state index < -0.39 is 5.97 Å². The minimum Gasteiger partial charge on any atom is -0.465 e. The minimum atomic E-state index is -0.475. The monoisotopic (exact) mass is 350 g/mol. The van der Waals surface area contributed by atoms with Crippen molar-refractivity contribution in [2.75, 3.05) is 28.4 Å². The van der Waals surface area contributed by atoms with Crippen LogP contribution in [0.2, 0.25) is 0 Å². The number of carbonyl (C=O) groups is 2. The van der Waals surface area contributed by atoms with Gasteiger partial charge in [-0.3, -0.25) is 0 Å². The second-order valence-corrected chi connectivity index (χ2v) is 4.81. The molecule has 0 unspecified atom stereocenters. The largest absolute Gasteiger partial charge is 0.465 e. The first-order valence-corrected chi connectivity index (χ1v) is 7.37. The van der Waals surface area contributed by atoms with Crippen LogP contribution in [-0.2, 0) is 32.2 Å². The lowest BCUT2D eigenvalue weighted by Crippen LogP contribution is -2.00. The van der Waals surface area contributed by atoms with Gasteiger partial charge in [0.2, 0.25) is 5.76 Å². The standard InChI is InChI=1S/C10H12O3.C8H10O4/c1-12-7-8-3-5-9(6-4-8)10(11)13-2;1-10-5-6-3-4-7(12-6)8(9)11-2/h3-6H,7H2,1-2H3;3-4H,5H2,1-2H3. The molecule has 0 saturated heterocycles. The first-order valence-electron chi connectivity index (χ1n) is 7.37.